The van der Waals surface area contributed by atoms with Gasteiger partial charge in [0.05, 0.1) is 11.9 Å². The number of aliphatic carboxylic acids is 1. The number of halogens is 1. The summed E-state index contributed by atoms with van der Waals surface area (Å²) in [4.78, 5) is 12.4. The van der Waals surface area contributed by atoms with Crippen molar-refractivity contribution in [2.24, 2.45) is 0 Å². The third-order valence-corrected chi connectivity index (χ3v) is 5.89. The number of para-hydroxylation sites is 1. The topological polar surface area (TPSA) is 42.2 Å². The van der Waals surface area contributed by atoms with Crippen LogP contribution < -0.4 is 0 Å². The van der Waals surface area contributed by atoms with Crippen LogP contribution in [-0.4, -0.2) is 21.0 Å². The Kier molecular flexibility index (Phi) is 9.14. The largest absolute Gasteiger partial charge is 0.481 e. The summed E-state index contributed by atoms with van der Waals surface area (Å²) in [5, 5.41) is 10.6. The second-order valence-corrected chi connectivity index (χ2v) is 8.70. The number of carboxylic acid groups (broad SMARTS) is 1. The van der Waals surface area contributed by atoms with Gasteiger partial charge in [-0.2, -0.15) is 0 Å². The van der Waals surface area contributed by atoms with E-state index in [-0.39, 0.29) is 17.7 Å². The first kappa shape index (κ1) is 24.2. The third-order valence-electron chi connectivity index (χ3n) is 5.38. The van der Waals surface area contributed by atoms with E-state index in [4.69, 9.17) is 24.2 Å². The Morgan fingerprint density at radius 3 is 2.80 bits per heavy atom. The van der Waals surface area contributed by atoms with Crippen molar-refractivity contribution < 1.29 is 9.90 Å². The van der Waals surface area contributed by atoms with E-state index in [1.165, 1.54) is 22.2 Å². The van der Waals surface area contributed by atoms with E-state index < -0.39 is 5.97 Å². The number of rotatable bonds is 7. The molecule has 1 aromatic carbocycles. The van der Waals surface area contributed by atoms with Gasteiger partial charge in [-0.1, -0.05) is 37.3 Å². The Labute approximate surface area is 190 Å². The molecule has 0 saturated heterocycles. The summed E-state index contributed by atoms with van der Waals surface area (Å²) in [7, 11) is 0. The monoisotopic (exact) mass is 443 g/mol. The standard InChI is InChI=1S/C23H28ClNO2S.C2H2/c1-3-6-16(12-11-15(2)24)14-25-22-17(13-21(26)27)7-4-8-18(22)19-9-5-10-20(28)23(19)25;1-2/h5-6,9-12,15,17,28H,3-4,7-8,13-14H2,1-2H3,(H,26,27);1-2H/b12-11-,16-6+;/t15?,17-;/m1./s1. The van der Waals surface area contributed by atoms with Crippen molar-refractivity contribution in [2.75, 3.05) is 0 Å². The summed E-state index contributed by atoms with van der Waals surface area (Å²) in [6.07, 6.45) is 18.3. The fourth-order valence-electron chi connectivity index (χ4n) is 4.33. The van der Waals surface area contributed by atoms with Crippen LogP contribution in [0.4, 0.5) is 0 Å². The lowest BCUT2D eigenvalue weighted by Crippen LogP contribution is -2.17. The molecule has 1 unspecified atom stereocenters. The van der Waals surface area contributed by atoms with Crippen LogP contribution in [0, 0.1) is 12.8 Å². The summed E-state index contributed by atoms with van der Waals surface area (Å²) in [6.45, 7) is 4.77. The minimum atomic E-state index is -0.735. The van der Waals surface area contributed by atoms with E-state index in [1.807, 2.05) is 25.1 Å². The molecule has 0 aliphatic heterocycles. The molecule has 1 heterocycles. The fraction of sp³-hybridized carbons (Fsp3) is 0.400. The second-order valence-electron chi connectivity index (χ2n) is 7.53. The van der Waals surface area contributed by atoms with Crippen LogP contribution in [0.5, 0.6) is 0 Å². The number of hydrogen-bond acceptors (Lipinski definition) is 2. The van der Waals surface area contributed by atoms with Crippen molar-refractivity contribution in [3.63, 3.8) is 0 Å². The number of carboxylic acids is 1. The van der Waals surface area contributed by atoms with E-state index in [0.29, 0.717) is 6.54 Å². The highest BCUT2D eigenvalue weighted by Crippen LogP contribution is 2.42. The van der Waals surface area contributed by atoms with Gasteiger partial charge in [-0.05, 0) is 49.8 Å². The highest BCUT2D eigenvalue weighted by atomic mass is 35.5. The van der Waals surface area contributed by atoms with Gasteiger partial charge in [0.1, 0.15) is 0 Å². The number of aryl methyl sites for hydroxylation is 1. The number of allylic oxidation sites excluding steroid dienone is 4. The molecule has 0 fully saturated rings. The van der Waals surface area contributed by atoms with Crippen molar-refractivity contribution >= 4 is 41.1 Å². The van der Waals surface area contributed by atoms with Crippen LogP contribution in [0.2, 0.25) is 0 Å². The maximum Gasteiger partial charge on any atom is 0.304 e. The van der Waals surface area contributed by atoms with Crippen LogP contribution in [0.1, 0.15) is 56.7 Å². The Morgan fingerprint density at radius 1 is 1.43 bits per heavy atom. The smallest absolute Gasteiger partial charge is 0.304 e. The molecule has 1 aliphatic rings. The number of carbonyl (C=O) groups is 1. The Hall–Kier alpha value is -2.09. The molecule has 30 heavy (non-hydrogen) atoms. The summed E-state index contributed by atoms with van der Waals surface area (Å²) >= 11 is 10.9. The van der Waals surface area contributed by atoms with E-state index in [0.717, 1.165) is 36.1 Å². The van der Waals surface area contributed by atoms with Gasteiger partial charge in [-0.3, -0.25) is 4.79 Å². The minimum Gasteiger partial charge on any atom is -0.481 e. The van der Waals surface area contributed by atoms with Gasteiger partial charge in [0.15, 0.2) is 0 Å². The molecule has 1 N–H and O–H groups in total. The molecule has 1 aromatic heterocycles. The van der Waals surface area contributed by atoms with Gasteiger partial charge in [-0.15, -0.1) is 37.1 Å². The van der Waals surface area contributed by atoms with Gasteiger partial charge >= 0.3 is 5.97 Å². The molecule has 160 valence electrons. The molecule has 0 saturated carbocycles. The van der Waals surface area contributed by atoms with Crippen LogP contribution in [-0.2, 0) is 17.8 Å². The Balaban J connectivity index is 0.00000155. The van der Waals surface area contributed by atoms with Crippen molar-refractivity contribution in [3.8, 4) is 12.8 Å². The van der Waals surface area contributed by atoms with Gasteiger partial charge in [0, 0.05) is 33.8 Å². The number of hydrogen-bond donors (Lipinski definition) is 2. The zero-order valence-electron chi connectivity index (χ0n) is 17.6. The van der Waals surface area contributed by atoms with E-state index in [1.54, 1.807) is 0 Å². The second kappa shape index (κ2) is 11.3. The van der Waals surface area contributed by atoms with E-state index in [2.05, 4.69) is 42.6 Å². The first-order chi connectivity index (χ1) is 14.4. The van der Waals surface area contributed by atoms with Gasteiger partial charge in [0.2, 0.25) is 0 Å². The maximum atomic E-state index is 11.5. The predicted octanol–water partition coefficient (Wildman–Crippen LogP) is 6.59. The van der Waals surface area contributed by atoms with Crippen molar-refractivity contribution in [2.45, 2.75) is 68.7 Å². The third kappa shape index (κ3) is 5.53. The maximum absolute atomic E-state index is 11.5. The van der Waals surface area contributed by atoms with Gasteiger partial charge in [-0.25, -0.2) is 0 Å². The normalized spacial score (nSPS) is 17.4. The molecule has 3 nitrogen and oxygen atoms in total. The number of terminal acetylenes is 1. The Bertz CT molecular complexity index is 968. The molecule has 0 spiro atoms. The van der Waals surface area contributed by atoms with Crippen molar-refractivity contribution in [1.29, 1.82) is 0 Å². The molecule has 0 radical (unpaired) electrons. The quantitative estimate of drug-likeness (QED) is 0.219. The molecule has 1 aliphatic carbocycles. The fourth-order valence-corrected chi connectivity index (χ4v) is 4.73. The minimum absolute atomic E-state index is 0.0317. The summed E-state index contributed by atoms with van der Waals surface area (Å²) in [5.74, 6) is -0.693. The number of nitrogens with zero attached hydrogens (tertiary/aromatic N) is 1. The summed E-state index contributed by atoms with van der Waals surface area (Å²) < 4.78 is 2.31. The lowest BCUT2D eigenvalue weighted by molar-refractivity contribution is -0.137. The zero-order valence-corrected chi connectivity index (χ0v) is 19.3. The SMILES string of the molecule is C#C.CC/C=C(\C=C/C(C)Cl)Cn1c2c(c3cccc(S)c31)CCC[C@@H]2CC(=O)O. The Morgan fingerprint density at radius 2 is 2.17 bits per heavy atom. The van der Waals surface area contributed by atoms with E-state index >= 15 is 0 Å². The first-order valence-electron chi connectivity index (χ1n) is 10.3. The van der Waals surface area contributed by atoms with Gasteiger partial charge in [0.25, 0.3) is 0 Å². The van der Waals surface area contributed by atoms with Crippen LogP contribution >= 0.6 is 24.2 Å². The average Bonchev–Trinajstić information content (AvgIpc) is 3.03. The first-order valence-corrected chi connectivity index (χ1v) is 11.2. The summed E-state index contributed by atoms with van der Waals surface area (Å²) in [6, 6.07) is 6.20. The summed E-state index contributed by atoms with van der Waals surface area (Å²) in [5.41, 5.74) is 4.78. The van der Waals surface area contributed by atoms with E-state index in [9.17, 15) is 9.90 Å². The lowest BCUT2D eigenvalue weighted by Gasteiger charge is -2.25. The number of benzene rings is 1. The number of fused-ring (bicyclic) bond motifs is 3. The highest BCUT2D eigenvalue weighted by Gasteiger charge is 2.29. The predicted molar refractivity (Wildman–Crippen MR) is 130 cm³/mol. The molecule has 0 amide bonds. The van der Waals surface area contributed by atoms with Crippen LogP contribution in [0.3, 0.4) is 0 Å². The highest BCUT2D eigenvalue weighted by molar-refractivity contribution is 7.80. The van der Waals surface area contributed by atoms with Crippen LogP contribution in [0.15, 0.2) is 46.9 Å². The molecule has 5 heteroatoms. The molecular weight excluding hydrogens is 414 g/mol. The molecule has 0 bridgehead atoms. The number of thiol groups is 1. The van der Waals surface area contributed by atoms with Gasteiger partial charge < -0.3 is 9.67 Å². The molecule has 2 aromatic rings. The number of alkyl halides is 1. The molecule has 3 rings (SSSR count). The lowest BCUT2D eigenvalue weighted by atomic mass is 9.84. The zero-order chi connectivity index (χ0) is 22.3. The van der Waals surface area contributed by atoms with Crippen molar-refractivity contribution in [1.82, 2.24) is 4.57 Å². The average molecular weight is 444 g/mol. The van der Waals surface area contributed by atoms with Crippen LogP contribution in [0.25, 0.3) is 10.9 Å². The molecule has 2 atom stereocenters. The molecular formula is C25H30ClNO2S. The number of aromatic nitrogens is 1. The van der Waals surface area contributed by atoms with Crippen molar-refractivity contribution in [3.05, 3.63) is 53.3 Å².